The van der Waals surface area contributed by atoms with Gasteiger partial charge in [0.15, 0.2) is 5.96 Å². The topological polar surface area (TPSA) is 78.4 Å². The number of guanidine groups is 1. The second kappa shape index (κ2) is 14.2. The number of nitrogens with one attached hydrogen (secondary N) is 3. The molecule has 0 atom stereocenters. The second-order valence-corrected chi connectivity index (χ2v) is 4.98. The average Bonchev–Trinajstić information content (AvgIpc) is 2.57. The molecular weight excluding hydrogens is 405 g/mol. The van der Waals surface area contributed by atoms with Crippen molar-refractivity contribution < 1.29 is 4.79 Å². The molecule has 0 saturated heterocycles. The van der Waals surface area contributed by atoms with Crippen LogP contribution in [0.15, 0.2) is 29.5 Å². The van der Waals surface area contributed by atoms with Gasteiger partial charge in [0.2, 0.25) is 0 Å². The van der Waals surface area contributed by atoms with Gasteiger partial charge in [0.05, 0.1) is 5.56 Å². The molecule has 0 spiro atoms. The van der Waals surface area contributed by atoms with E-state index in [-0.39, 0.29) is 29.9 Å². The molecule has 0 aliphatic rings. The molecule has 0 unspecified atom stereocenters. The van der Waals surface area contributed by atoms with Gasteiger partial charge in [-0.3, -0.25) is 14.8 Å². The van der Waals surface area contributed by atoms with E-state index < -0.39 is 0 Å². The average molecular weight is 433 g/mol. The lowest BCUT2D eigenvalue weighted by Gasteiger charge is -2.12. The molecule has 3 N–H and O–H groups in total. The molecule has 1 amide bonds. The fourth-order valence-corrected chi connectivity index (χ4v) is 1.94. The number of unbranched alkanes of at least 4 members (excludes halogenated alkanes) is 3. The minimum atomic E-state index is -0.114. The summed E-state index contributed by atoms with van der Waals surface area (Å²) in [7, 11) is 1.75. The third-order valence-corrected chi connectivity index (χ3v) is 3.17. The first kappa shape index (κ1) is 21.6. The van der Waals surface area contributed by atoms with Gasteiger partial charge in [-0.1, -0.05) is 26.2 Å². The fraction of sp³-hybridized carbons (Fsp3) is 0.562. The number of rotatable bonds is 9. The highest BCUT2D eigenvalue weighted by atomic mass is 127. The van der Waals surface area contributed by atoms with Crippen LogP contribution in [-0.2, 0) is 0 Å². The Bertz CT molecular complexity index is 453. The number of amides is 1. The molecule has 130 valence electrons. The Kier molecular flexibility index (Phi) is 13.4. The first-order valence-corrected chi connectivity index (χ1v) is 7.90. The third kappa shape index (κ3) is 10.1. The quantitative estimate of drug-likeness (QED) is 0.242. The van der Waals surface area contributed by atoms with Crippen molar-refractivity contribution in [3.05, 3.63) is 30.1 Å². The summed E-state index contributed by atoms with van der Waals surface area (Å²) in [5.74, 6) is 0.657. The van der Waals surface area contributed by atoms with Crippen molar-refractivity contribution in [2.45, 2.75) is 32.6 Å². The van der Waals surface area contributed by atoms with Crippen molar-refractivity contribution in [3.8, 4) is 0 Å². The van der Waals surface area contributed by atoms with Gasteiger partial charge >= 0.3 is 0 Å². The van der Waals surface area contributed by atoms with Crippen molar-refractivity contribution in [1.82, 2.24) is 20.9 Å². The van der Waals surface area contributed by atoms with E-state index in [4.69, 9.17) is 0 Å². The Morgan fingerprint density at radius 2 is 1.87 bits per heavy atom. The molecule has 0 fully saturated rings. The van der Waals surface area contributed by atoms with Crippen molar-refractivity contribution >= 4 is 35.8 Å². The van der Waals surface area contributed by atoms with Gasteiger partial charge in [0, 0.05) is 39.1 Å². The van der Waals surface area contributed by atoms with E-state index in [0.29, 0.717) is 18.7 Å². The number of carbonyl (C=O) groups excluding carboxylic acids is 1. The van der Waals surface area contributed by atoms with Gasteiger partial charge in [-0.2, -0.15) is 0 Å². The van der Waals surface area contributed by atoms with Crippen LogP contribution in [0.3, 0.4) is 0 Å². The Morgan fingerprint density at radius 1 is 1.13 bits per heavy atom. The van der Waals surface area contributed by atoms with E-state index in [1.165, 1.54) is 19.3 Å². The summed E-state index contributed by atoms with van der Waals surface area (Å²) in [6, 6.07) is 3.49. The molecule has 0 bridgehead atoms. The minimum Gasteiger partial charge on any atom is -0.356 e. The number of hydrogen-bond donors (Lipinski definition) is 3. The lowest BCUT2D eigenvalue weighted by atomic mass is 10.2. The summed E-state index contributed by atoms with van der Waals surface area (Å²) in [5, 5.41) is 9.28. The maximum Gasteiger partial charge on any atom is 0.252 e. The molecule has 6 nitrogen and oxygen atoms in total. The molecular formula is C16H28IN5O. The number of carbonyl (C=O) groups is 1. The van der Waals surface area contributed by atoms with Crippen LogP contribution in [0.1, 0.15) is 43.0 Å². The van der Waals surface area contributed by atoms with Crippen LogP contribution in [0.2, 0.25) is 0 Å². The maximum absolute atomic E-state index is 11.8. The smallest absolute Gasteiger partial charge is 0.252 e. The summed E-state index contributed by atoms with van der Waals surface area (Å²) in [5.41, 5.74) is 0.570. The summed E-state index contributed by atoms with van der Waals surface area (Å²) >= 11 is 0. The molecule has 0 radical (unpaired) electrons. The predicted octanol–water partition coefficient (Wildman–Crippen LogP) is 2.17. The fourth-order valence-electron chi connectivity index (χ4n) is 1.94. The van der Waals surface area contributed by atoms with E-state index in [9.17, 15) is 4.79 Å². The molecule has 7 heteroatoms. The minimum absolute atomic E-state index is 0. The Morgan fingerprint density at radius 3 is 2.52 bits per heavy atom. The lowest BCUT2D eigenvalue weighted by Crippen LogP contribution is -2.41. The molecule has 0 saturated carbocycles. The van der Waals surface area contributed by atoms with Gasteiger partial charge in [-0.15, -0.1) is 24.0 Å². The highest BCUT2D eigenvalue weighted by Gasteiger charge is 2.03. The maximum atomic E-state index is 11.8. The Labute approximate surface area is 156 Å². The number of pyridine rings is 1. The molecule has 0 aliphatic carbocycles. The van der Waals surface area contributed by atoms with Gasteiger partial charge in [0.1, 0.15) is 0 Å². The molecule has 1 heterocycles. The molecule has 1 aromatic rings. The van der Waals surface area contributed by atoms with Gasteiger partial charge < -0.3 is 16.0 Å². The highest BCUT2D eigenvalue weighted by molar-refractivity contribution is 14.0. The summed E-state index contributed by atoms with van der Waals surface area (Å²) < 4.78 is 0. The summed E-state index contributed by atoms with van der Waals surface area (Å²) in [6.07, 6.45) is 8.10. The third-order valence-electron chi connectivity index (χ3n) is 3.17. The zero-order chi connectivity index (χ0) is 16.0. The number of aliphatic imine (C=N–C) groups is 1. The SMILES string of the molecule is CCCCCCNC(=NC)NCCNC(=O)c1cccnc1.I. The van der Waals surface area contributed by atoms with Gasteiger partial charge in [-0.05, 0) is 18.6 Å². The second-order valence-electron chi connectivity index (χ2n) is 4.98. The van der Waals surface area contributed by atoms with Crippen LogP contribution < -0.4 is 16.0 Å². The Hall–Kier alpha value is -1.38. The van der Waals surface area contributed by atoms with Crippen LogP contribution in [0.5, 0.6) is 0 Å². The van der Waals surface area contributed by atoms with Crippen LogP contribution in [0.25, 0.3) is 0 Å². The number of nitrogens with zero attached hydrogens (tertiary/aromatic N) is 2. The lowest BCUT2D eigenvalue weighted by molar-refractivity contribution is 0.0954. The molecule has 0 aliphatic heterocycles. The number of halogens is 1. The Balaban J connectivity index is 0.00000484. The first-order chi connectivity index (χ1) is 10.8. The van der Waals surface area contributed by atoms with E-state index in [0.717, 1.165) is 18.9 Å². The van der Waals surface area contributed by atoms with E-state index >= 15 is 0 Å². The summed E-state index contributed by atoms with van der Waals surface area (Å²) in [6.45, 7) is 4.28. The van der Waals surface area contributed by atoms with Gasteiger partial charge in [-0.25, -0.2) is 0 Å². The molecule has 0 aromatic carbocycles. The number of aromatic nitrogens is 1. The van der Waals surface area contributed by atoms with Crippen molar-refractivity contribution in [2.24, 2.45) is 4.99 Å². The zero-order valence-electron chi connectivity index (χ0n) is 14.0. The summed E-state index contributed by atoms with van der Waals surface area (Å²) in [4.78, 5) is 19.9. The highest BCUT2D eigenvalue weighted by Crippen LogP contribution is 1.96. The van der Waals surface area contributed by atoms with Crippen LogP contribution in [-0.4, -0.2) is 43.5 Å². The molecule has 1 rings (SSSR count). The molecule has 23 heavy (non-hydrogen) atoms. The van der Waals surface area contributed by atoms with Crippen molar-refractivity contribution in [2.75, 3.05) is 26.7 Å². The van der Waals surface area contributed by atoms with Crippen molar-refractivity contribution in [1.29, 1.82) is 0 Å². The monoisotopic (exact) mass is 433 g/mol. The van der Waals surface area contributed by atoms with Gasteiger partial charge in [0.25, 0.3) is 5.91 Å². The predicted molar refractivity (Wildman–Crippen MR) is 105 cm³/mol. The van der Waals surface area contributed by atoms with Crippen LogP contribution >= 0.6 is 24.0 Å². The van der Waals surface area contributed by atoms with E-state index in [2.05, 4.69) is 32.9 Å². The van der Waals surface area contributed by atoms with Crippen LogP contribution in [0, 0.1) is 0 Å². The van der Waals surface area contributed by atoms with Crippen molar-refractivity contribution in [3.63, 3.8) is 0 Å². The van der Waals surface area contributed by atoms with E-state index in [1.54, 1.807) is 31.6 Å². The standard InChI is InChI=1S/C16H27N5O.HI/c1-3-4-5-6-10-20-16(17-2)21-12-11-19-15(22)14-8-7-9-18-13-14;/h7-9,13H,3-6,10-12H2,1-2H3,(H,19,22)(H2,17,20,21);1H. The molecule has 1 aromatic heterocycles. The first-order valence-electron chi connectivity index (χ1n) is 7.90. The largest absolute Gasteiger partial charge is 0.356 e. The number of hydrogen-bond acceptors (Lipinski definition) is 3. The zero-order valence-corrected chi connectivity index (χ0v) is 16.3. The normalized spacial score (nSPS) is 10.6. The van der Waals surface area contributed by atoms with E-state index in [1.807, 2.05) is 0 Å². The van der Waals surface area contributed by atoms with Crippen LogP contribution in [0.4, 0.5) is 0 Å².